The average molecular weight is 390 g/mol. The first-order valence-electron chi connectivity index (χ1n) is 8.78. The van der Waals surface area contributed by atoms with E-state index in [1.54, 1.807) is 30.3 Å². The highest BCUT2D eigenvalue weighted by Crippen LogP contribution is 2.47. The van der Waals surface area contributed by atoms with Gasteiger partial charge in [-0.3, -0.25) is 4.79 Å². The number of carboxylic acid groups (broad SMARTS) is 1. The predicted octanol–water partition coefficient (Wildman–Crippen LogP) is 2.49. The number of phenolic OH excluding ortho intramolecular Hbond substituents is 1. The summed E-state index contributed by atoms with van der Waals surface area (Å²) in [6.07, 6.45) is 5.49. The lowest BCUT2D eigenvalue weighted by molar-refractivity contribution is -0.255. The molecule has 0 amide bonds. The number of rotatable bonds is 4. The molecule has 0 spiro atoms. The summed E-state index contributed by atoms with van der Waals surface area (Å²) in [7, 11) is 0. The quantitative estimate of drug-likeness (QED) is 0.780. The van der Waals surface area contributed by atoms with Crippen molar-refractivity contribution in [1.29, 1.82) is 0 Å². The van der Waals surface area contributed by atoms with Gasteiger partial charge in [0.1, 0.15) is 5.75 Å². The lowest BCUT2D eigenvalue weighted by Gasteiger charge is -2.37. The van der Waals surface area contributed by atoms with Crippen molar-refractivity contribution in [3.05, 3.63) is 82.5 Å². The number of phenols is 1. The number of thiocarbonyl (C=S) groups is 1. The van der Waals surface area contributed by atoms with Crippen LogP contribution in [-0.2, 0) is 11.2 Å². The van der Waals surface area contributed by atoms with Gasteiger partial charge in [-0.2, -0.15) is 0 Å². The number of benzene rings is 2. The maximum absolute atomic E-state index is 11.9. The summed E-state index contributed by atoms with van der Waals surface area (Å²) < 4.78 is 0. The molecule has 4 rings (SSSR count). The first-order chi connectivity index (χ1) is 13.5. The van der Waals surface area contributed by atoms with Gasteiger partial charge < -0.3 is 20.3 Å². The van der Waals surface area contributed by atoms with Gasteiger partial charge >= 0.3 is 0 Å². The van der Waals surface area contributed by atoms with Gasteiger partial charge in [-0.1, -0.05) is 36.0 Å². The molecule has 2 aliphatic rings. The Bertz CT molecular complexity index is 1070. The maximum Gasteiger partial charge on any atom is 0.178 e. The molecule has 0 fully saturated rings. The molecular weight excluding hydrogens is 374 g/mol. The highest BCUT2D eigenvalue weighted by Gasteiger charge is 2.35. The number of nitrogens with one attached hydrogen (secondary N) is 1. The number of hydrogen-bond donors (Lipinski definition) is 2. The molecule has 2 atom stereocenters. The average Bonchev–Trinajstić information content (AvgIpc) is 2.66. The van der Waals surface area contributed by atoms with Crippen LogP contribution in [0.25, 0.3) is 0 Å². The van der Waals surface area contributed by atoms with Crippen LogP contribution < -0.4 is 10.4 Å². The zero-order valence-corrected chi connectivity index (χ0v) is 15.5. The zero-order valence-electron chi connectivity index (χ0n) is 14.7. The van der Waals surface area contributed by atoms with Crippen molar-refractivity contribution >= 4 is 35.1 Å². The zero-order chi connectivity index (χ0) is 19.8. The summed E-state index contributed by atoms with van der Waals surface area (Å²) in [5.41, 5.74) is 5.24. The summed E-state index contributed by atoms with van der Waals surface area (Å²) in [5, 5.41) is 24.6. The number of carbonyl (C=O) groups excluding carboxylic acids is 2. The van der Waals surface area contributed by atoms with E-state index in [1.165, 1.54) is 17.6 Å². The number of allylic oxidation sites excluding steroid dienone is 4. The molecule has 0 saturated heterocycles. The molecule has 28 heavy (non-hydrogen) atoms. The number of anilines is 1. The van der Waals surface area contributed by atoms with Gasteiger partial charge in [0.2, 0.25) is 0 Å². The fourth-order valence-corrected chi connectivity index (χ4v) is 4.26. The standard InChI is InChI=1S/C22H17NO4S/c24-15-2-5-17-12(8-15)7-13-9-16(25)3-6-18(13)21(17)19-4-1-14(23-11-28)10-20(19)22(26)27/h1-6,8-11,17,21,25H,7H2,(H,23,28)(H,26,27)/p-1. The Kier molecular flexibility index (Phi) is 4.57. The fourth-order valence-electron chi connectivity index (χ4n) is 4.13. The van der Waals surface area contributed by atoms with Crippen LogP contribution in [0.3, 0.4) is 0 Å². The van der Waals surface area contributed by atoms with E-state index in [-0.39, 0.29) is 28.9 Å². The van der Waals surface area contributed by atoms with E-state index in [9.17, 15) is 19.8 Å². The van der Waals surface area contributed by atoms with Crippen molar-refractivity contribution < 1.29 is 19.8 Å². The summed E-state index contributed by atoms with van der Waals surface area (Å²) in [4.78, 5) is 23.8. The number of carbonyl (C=O) groups is 2. The Morgan fingerprint density at radius 3 is 2.75 bits per heavy atom. The molecule has 0 aliphatic heterocycles. The van der Waals surface area contributed by atoms with Crippen LogP contribution in [0.1, 0.15) is 33.0 Å². The van der Waals surface area contributed by atoms with E-state index in [2.05, 4.69) is 5.32 Å². The normalized spacial score (nSPS) is 20.0. The lowest BCUT2D eigenvalue weighted by Crippen LogP contribution is -2.30. The fraction of sp³-hybridized carbons (Fsp3) is 0.136. The van der Waals surface area contributed by atoms with Crippen molar-refractivity contribution in [2.75, 3.05) is 5.32 Å². The molecule has 140 valence electrons. The van der Waals surface area contributed by atoms with Gasteiger partial charge in [0.15, 0.2) is 5.78 Å². The largest absolute Gasteiger partial charge is 0.545 e. The van der Waals surface area contributed by atoms with E-state index in [0.29, 0.717) is 17.7 Å². The number of aromatic carboxylic acids is 1. The van der Waals surface area contributed by atoms with Crippen molar-refractivity contribution in [3.8, 4) is 5.75 Å². The summed E-state index contributed by atoms with van der Waals surface area (Å²) >= 11 is 4.78. The molecular formula is C22H16NO4S-. The Morgan fingerprint density at radius 2 is 2.00 bits per heavy atom. The van der Waals surface area contributed by atoms with Crippen molar-refractivity contribution in [2.24, 2.45) is 5.92 Å². The van der Waals surface area contributed by atoms with Gasteiger partial charge in [0.05, 0.1) is 11.5 Å². The van der Waals surface area contributed by atoms with Gasteiger partial charge in [-0.25, -0.2) is 0 Å². The number of ketones is 1. The van der Waals surface area contributed by atoms with Crippen LogP contribution in [0.2, 0.25) is 0 Å². The molecule has 0 heterocycles. The van der Waals surface area contributed by atoms with E-state index in [1.807, 2.05) is 12.1 Å². The molecule has 2 aromatic carbocycles. The Labute approximate surface area is 167 Å². The third-order valence-corrected chi connectivity index (χ3v) is 5.39. The summed E-state index contributed by atoms with van der Waals surface area (Å²) in [5.74, 6) is -1.69. The van der Waals surface area contributed by atoms with Gasteiger partial charge in [0.25, 0.3) is 0 Å². The molecule has 0 bridgehead atoms. The van der Waals surface area contributed by atoms with Crippen LogP contribution in [0.15, 0.2) is 60.2 Å². The first kappa shape index (κ1) is 18.1. The first-order valence-corrected chi connectivity index (χ1v) is 9.25. The molecule has 0 radical (unpaired) electrons. The van der Waals surface area contributed by atoms with Crippen molar-refractivity contribution in [3.63, 3.8) is 0 Å². The van der Waals surface area contributed by atoms with Gasteiger partial charge in [0, 0.05) is 23.1 Å². The molecule has 0 aromatic heterocycles. The Balaban J connectivity index is 1.94. The molecule has 5 nitrogen and oxygen atoms in total. The maximum atomic E-state index is 11.9. The van der Waals surface area contributed by atoms with E-state index < -0.39 is 5.97 Å². The second-order valence-electron chi connectivity index (χ2n) is 6.90. The monoisotopic (exact) mass is 390 g/mol. The molecule has 2 aromatic rings. The molecule has 6 heteroatoms. The van der Waals surface area contributed by atoms with E-state index in [0.717, 1.165) is 16.7 Å². The minimum atomic E-state index is -1.28. The second-order valence-corrected chi connectivity index (χ2v) is 7.13. The van der Waals surface area contributed by atoms with Gasteiger partial charge in [-0.15, -0.1) is 0 Å². The van der Waals surface area contributed by atoms with Crippen LogP contribution in [-0.4, -0.2) is 22.4 Å². The number of hydrogen-bond acceptors (Lipinski definition) is 5. The minimum Gasteiger partial charge on any atom is -0.545 e. The highest BCUT2D eigenvalue weighted by atomic mass is 32.1. The van der Waals surface area contributed by atoms with E-state index in [4.69, 9.17) is 12.2 Å². The number of fused-ring (bicyclic) bond motifs is 2. The Hall–Kier alpha value is -3.25. The topological polar surface area (TPSA) is 89.5 Å². The highest BCUT2D eigenvalue weighted by molar-refractivity contribution is 7.79. The SMILES string of the molecule is O=C1C=CC2C(=C1)Cc1cc(O)ccc1C2c1ccc(NC=S)cc1C(=O)[O-]. The smallest absolute Gasteiger partial charge is 0.178 e. The molecule has 2 aliphatic carbocycles. The van der Waals surface area contributed by atoms with E-state index >= 15 is 0 Å². The molecule has 2 N–H and O–H groups in total. The second kappa shape index (κ2) is 7.05. The number of aromatic hydroxyl groups is 1. The third kappa shape index (κ3) is 3.12. The molecule has 0 saturated carbocycles. The van der Waals surface area contributed by atoms with Crippen LogP contribution in [0, 0.1) is 5.92 Å². The van der Waals surface area contributed by atoms with Crippen LogP contribution >= 0.6 is 12.2 Å². The van der Waals surface area contributed by atoms with Crippen LogP contribution in [0.5, 0.6) is 5.75 Å². The summed E-state index contributed by atoms with van der Waals surface area (Å²) in [6, 6.07) is 10.1. The summed E-state index contributed by atoms with van der Waals surface area (Å²) in [6.45, 7) is 0. The van der Waals surface area contributed by atoms with Crippen molar-refractivity contribution in [2.45, 2.75) is 12.3 Å². The van der Waals surface area contributed by atoms with Crippen LogP contribution in [0.4, 0.5) is 5.69 Å². The Morgan fingerprint density at radius 1 is 1.21 bits per heavy atom. The lowest BCUT2D eigenvalue weighted by atomic mass is 9.67. The minimum absolute atomic E-state index is 0.0671. The third-order valence-electron chi connectivity index (χ3n) is 5.27. The predicted molar refractivity (Wildman–Crippen MR) is 107 cm³/mol. The molecule has 2 unspecified atom stereocenters. The van der Waals surface area contributed by atoms with Crippen molar-refractivity contribution in [1.82, 2.24) is 0 Å². The van der Waals surface area contributed by atoms with Gasteiger partial charge in [-0.05, 0) is 59.5 Å². The number of carboxylic acids is 1.